The monoisotopic (exact) mass is 757 g/mol. The maximum Gasteiger partial charge on any atom is 0.410 e. The Morgan fingerprint density at radius 2 is 1.43 bits per heavy atom. The normalized spacial score (nSPS) is 19.2. The molecule has 3 atom stereocenters. The number of carbonyl (C=O) groups excluding carboxylic acids is 1. The van der Waals surface area contributed by atoms with E-state index >= 15 is 0 Å². The quantitative estimate of drug-likeness (QED) is 0.0708. The third kappa shape index (κ3) is 10.1. The summed E-state index contributed by atoms with van der Waals surface area (Å²) in [5.74, 6) is 1.76. The molecule has 53 heavy (non-hydrogen) atoms. The highest BCUT2D eigenvalue weighted by atomic mass is 28.3. The second kappa shape index (κ2) is 16.0. The second-order valence-electron chi connectivity index (χ2n) is 18.2. The lowest BCUT2D eigenvalue weighted by atomic mass is 9.88. The lowest BCUT2D eigenvalue weighted by Crippen LogP contribution is -2.48. The number of ether oxygens (including phenoxy) is 3. The smallest absolute Gasteiger partial charge is 0.410 e. The average molecular weight is 758 g/mol. The van der Waals surface area contributed by atoms with E-state index in [4.69, 9.17) is 24.3 Å². The van der Waals surface area contributed by atoms with Crippen molar-refractivity contribution in [3.63, 3.8) is 0 Å². The lowest BCUT2D eigenvalue weighted by Gasteiger charge is -2.39. The molecule has 2 aliphatic heterocycles. The van der Waals surface area contributed by atoms with E-state index in [-0.39, 0.29) is 24.1 Å². The van der Waals surface area contributed by atoms with Crippen LogP contribution < -0.4 is 4.90 Å². The molecule has 5 heterocycles. The first-order valence-electron chi connectivity index (χ1n) is 19.2. The first kappa shape index (κ1) is 39.0. The minimum atomic E-state index is -1.27. The van der Waals surface area contributed by atoms with Crippen LogP contribution in [-0.2, 0) is 14.2 Å². The van der Waals surface area contributed by atoms with Crippen molar-refractivity contribution in [3.05, 3.63) is 60.7 Å². The van der Waals surface area contributed by atoms with Gasteiger partial charge in [-0.2, -0.15) is 9.61 Å². The molecule has 1 aromatic carbocycles. The summed E-state index contributed by atoms with van der Waals surface area (Å²) in [5.41, 5.74) is 4.18. The molecule has 4 aromatic rings. The molecular weight excluding hydrogens is 699 g/mol. The van der Waals surface area contributed by atoms with Gasteiger partial charge in [0.1, 0.15) is 24.9 Å². The van der Waals surface area contributed by atoms with Gasteiger partial charge in [-0.15, -0.1) is 0 Å². The number of fused-ring (bicyclic) bond motifs is 3. The van der Waals surface area contributed by atoms with E-state index in [2.05, 4.69) is 72.3 Å². The summed E-state index contributed by atoms with van der Waals surface area (Å²) in [6, 6.07) is 14.7. The number of benzene rings is 1. The topological polar surface area (TPSA) is 107 Å². The predicted octanol–water partition coefficient (Wildman–Crippen LogP) is 8.93. The van der Waals surface area contributed by atoms with Crippen LogP contribution >= 0.6 is 0 Å². The molecular formula is C40H59N7O4Si2. The van der Waals surface area contributed by atoms with E-state index in [1.54, 1.807) is 12.4 Å². The SMILES string of the molecule is CC(C)(C)OC(=O)N1[C@@H]2CC[C@H]1C[C@@H](c1cc(N(COCC[Si](C)(C)C)COCC[Si](C)(C)C)n3ncc(-c4ccc(-c5ncccn5)cc4)c3n1)C2. The van der Waals surface area contributed by atoms with E-state index in [0.717, 1.165) is 71.6 Å². The van der Waals surface area contributed by atoms with Crippen LogP contribution in [0.4, 0.5) is 10.6 Å². The molecule has 0 N–H and O–H groups in total. The van der Waals surface area contributed by atoms with Crippen LogP contribution in [0.2, 0.25) is 51.4 Å². The van der Waals surface area contributed by atoms with Crippen LogP contribution in [0.15, 0.2) is 55.0 Å². The van der Waals surface area contributed by atoms with Crippen molar-refractivity contribution in [2.24, 2.45) is 0 Å². The minimum absolute atomic E-state index is 0.123. The summed E-state index contributed by atoms with van der Waals surface area (Å²) in [6.45, 7) is 22.2. The Morgan fingerprint density at radius 1 is 0.868 bits per heavy atom. The van der Waals surface area contributed by atoms with Gasteiger partial charge < -0.3 is 24.0 Å². The highest BCUT2D eigenvalue weighted by Crippen LogP contribution is 2.44. The predicted molar refractivity (Wildman–Crippen MR) is 217 cm³/mol. The molecule has 0 radical (unpaired) electrons. The van der Waals surface area contributed by atoms with Gasteiger partial charge in [0.15, 0.2) is 11.5 Å². The van der Waals surface area contributed by atoms with Crippen LogP contribution in [0.25, 0.3) is 28.2 Å². The zero-order chi connectivity index (χ0) is 38.0. The van der Waals surface area contributed by atoms with Crippen molar-refractivity contribution >= 4 is 33.7 Å². The van der Waals surface area contributed by atoms with Gasteiger partial charge in [0, 0.05) is 82.6 Å². The standard InChI is InChI=1S/C40H59N7O4Si2/c1-40(2,3)51-39(48)46-32-15-16-33(46)24-31(23-32)35-25-36(45(27-49-19-21-52(4,5)6)28-50-20-22-53(7,8)9)47-38(44-35)34(26-43-47)29-11-13-30(14-12-29)37-41-17-10-18-42-37/h10-14,17-18,25-26,31-33H,15-16,19-24,27-28H2,1-9H3/t31-,32+,33-. The number of carbonyl (C=O) groups is 1. The highest BCUT2D eigenvalue weighted by Gasteiger charge is 2.45. The zero-order valence-corrected chi connectivity index (χ0v) is 35.3. The second-order valence-corrected chi connectivity index (χ2v) is 29.4. The van der Waals surface area contributed by atoms with E-state index in [0.29, 0.717) is 32.5 Å². The van der Waals surface area contributed by atoms with Crippen molar-refractivity contribution < 1.29 is 19.0 Å². The molecule has 2 saturated heterocycles. The Balaban J connectivity index is 1.36. The molecule has 0 aliphatic carbocycles. The van der Waals surface area contributed by atoms with Gasteiger partial charge in [0.2, 0.25) is 0 Å². The summed E-state index contributed by atoms with van der Waals surface area (Å²) in [5, 5.41) is 4.95. The van der Waals surface area contributed by atoms with E-state index in [1.165, 1.54) is 0 Å². The number of aromatic nitrogens is 5. The van der Waals surface area contributed by atoms with E-state index < -0.39 is 21.7 Å². The lowest BCUT2D eigenvalue weighted by molar-refractivity contribution is 0.00569. The Morgan fingerprint density at radius 3 is 1.98 bits per heavy atom. The van der Waals surface area contributed by atoms with Gasteiger partial charge in [-0.1, -0.05) is 63.5 Å². The summed E-state index contributed by atoms with van der Waals surface area (Å²) in [4.78, 5) is 31.7. The molecule has 2 fully saturated rings. The van der Waals surface area contributed by atoms with Gasteiger partial charge >= 0.3 is 6.09 Å². The summed E-state index contributed by atoms with van der Waals surface area (Å²) < 4.78 is 20.6. The number of anilines is 1. The molecule has 2 bridgehead atoms. The third-order valence-electron chi connectivity index (χ3n) is 10.1. The molecule has 3 aromatic heterocycles. The summed E-state index contributed by atoms with van der Waals surface area (Å²) in [6.07, 6.45) is 8.86. The number of hydrogen-bond acceptors (Lipinski definition) is 9. The molecule has 286 valence electrons. The number of nitrogens with zero attached hydrogens (tertiary/aromatic N) is 7. The fraction of sp³-hybridized carbons (Fsp3) is 0.575. The van der Waals surface area contributed by atoms with Gasteiger partial charge in [-0.25, -0.2) is 19.7 Å². The van der Waals surface area contributed by atoms with Gasteiger partial charge in [-0.3, -0.25) is 0 Å². The molecule has 6 rings (SSSR count). The van der Waals surface area contributed by atoms with E-state index in [9.17, 15) is 4.79 Å². The first-order valence-corrected chi connectivity index (χ1v) is 26.6. The first-order chi connectivity index (χ1) is 25.0. The van der Waals surface area contributed by atoms with Gasteiger partial charge in [0.05, 0.1) is 6.20 Å². The number of piperidine rings is 1. The Bertz CT molecular complexity index is 1800. The van der Waals surface area contributed by atoms with Crippen LogP contribution in [0.1, 0.15) is 58.1 Å². The largest absolute Gasteiger partial charge is 0.444 e. The minimum Gasteiger partial charge on any atom is -0.444 e. The Labute approximate surface area is 317 Å². The molecule has 0 spiro atoms. The average Bonchev–Trinajstić information content (AvgIpc) is 3.63. The molecule has 2 aliphatic rings. The molecule has 0 saturated carbocycles. The molecule has 1 amide bonds. The van der Waals surface area contributed by atoms with Gasteiger partial charge in [-0.05, 0) is 70.2 Å². The summed E-state index contributed by atoms with van der Waals surface area (Å²) >= 11 is 0. The number of rotatable bonds is 14. The van der Waals surface area contributed by atoms with Crippen LogP contribution in [0.3, 0.4) is 0 Å². The van der Waals surface area contributed by atoms with Crippen LogP contribution in [0.5, 0.6) is 0 Å². The Kier molecular flexibility index (Phi) is 11.8. The van der Waals surface area contributed by atoms with Crippen molar-refractivity contribution in [2.45, 2.75) is 121 Å². The van der Waals surface area contributed by atoms with Crippen LogP contribution in [-0.4, -0.2) is 96.1 Å². The van der Waals surface area contributed by atoms with Crippen molar-refractivity contribution in [1.82, 2.24) is 29.5 Å². The molecule has 11 nitrogen and oxygen atoms in total. The van der Waals surface area contributed by atoms with Crippen molar-refractivity contribution in [3.8, 4) is 22.5 Å². The van der Waals surface area contributed by atoms with Gasteiger partial charge in [0.25, 0.3) is 0 Å². The van der Waals surface area contributed by atoms with E-state index in [1.807, 2.05) is 54.6 Å². The molecule has 0 unspecified atom stereocenters. The summed E-state index contributed by atoms with van der Waals surface area (Å²) in [7, 11) is -2.55. The van der Waals surface area contributed by atoms with Crippen molar-refractivity contribution in [1.29, 1.82) is 0 Å². The number of amides is 1. The highest BCUT2D eigenvalue weighted by molar-refractivity contribution is 6.76. The van der Waals surface area contributed by atoms with Crippen molar-refractivity contribution in [2.75, 3.05) is 31.6 Å². The van der Waals surface area contributed by atoms with Crippen LogP contribution in [0, 0.1) is 0 Å². The fourth-order valence-corrected chi connectivity index (χ4v) is 8.67. The zero-order valence-electron chi connectivity index (χ0n) is 33.3. The maximum absolute atomic E-state index is 13.3. The number of hydrogen-bond donors (Lipinski definition) is 0. The third-order valence-corrected chi connectivity index (χ3v) is 13.5. The Hall–Kier alpha value is -3.66. The molecule has 13 heteroatoms. The maximum atomic E-state index is 13.3. The fourth-order valence-electron chi connectivity index (χ4n) is 7.16.